The lowest BCUT2D eigenvalue weighted by Crippen LogP contribution is -2.34. The lowest BCUT2D eigenvalue weighted by Gasteiger charge is -2.26. The molecule has 82 valence electrons. The number of nitrogens with two attached hydrogens (primary N) is 1. The van der Waals surface area contributed by atoms with Crippen molar-refractivity contribution in [2.24, 2.45) is 11.7 Å². The number of ether oxygens (including phenoxy) is 1. The van der Waals surface area contributed by atoms with Gasteiger partial charge in [0.05, 0.1) is 13.0 Å². The van der Waals surface area contributed by atoms with Crippen molar-refractivity contribution in [2.75, 3.05) is 6.61 Å². The molecule has 0 radical (unpaired) electrons. The van der Waals surface area contributed by atoms with E-state index in [1.807, 2.05) is 6.92 Å². The molecule has 0 unspecified atom stereocenters. The smallest absolute Gasteiger partial charge is 0.307 e. The zero-order valence-corrected chi connectivity index (χ0v) is 9.00. The van der Waals surface area contributed by atoms with E-state index < -0.39 is 0 Å². The average Bonchev–Trinajstić information content (AvgIpc) is 2.19. The first-order chi connectivity index (χ1) is 6.74. The Morgan fingerprint density at radius 2 is 2.07 bits per heavy atom. The Kier molecular flexibility index (Phi) is 4.94. The topological polar surface area (TPSA) is 52.3 Å². The van der Waals surface area contributed by atoms with E-state index in [2.05, 4.69) is 0 Å². The van der Waals surface area contributed by atoms with Crippen LogP contribution < -0.4 is 5.73 Å². The third-order valence-electron chi connectivity index (χ3n) is 2.96. The van der Waals surface area contributed by atoms with Crippen LogP contribution in [-0.4, -0.2) is 18.6 Å². The van der Waals surface area contributed by atoms with Gasteiger partial charge in [-0.1, -0.05) is 19.3 Å². The maximum Gasteiger partial charge on any atom is 0.307 e. The van der Waals surface area contributed by atoms with Gasteiger partial charge in [0.15, 0.2) is 0 Å². The van der Waals surface area contributed by atoms with Crippen molar-refractivity contribution in [3.8, 4) is 0 Å². The Bertz CT molecular complexity index is 176. The summed E-state index contributed by atoms with van der Waals surface area (Å²) < 4.78 is 4.88. The molecular weight excluding hydrogens is 178 g/mol. The summed E-state index contributed by atoms with van der Waals surface area (Å²) in [6, 6.07) is 0.00866. The molecule has 3 heteroatoms. The van der Waals surface area contributed by atoms with Crippen molar-refractivity contribution in [3.05, 3.63) is 0 Å². The van der Waals surface area contributed by atoms with Crippen molar-refractivity contribution in [1.29, 1.82) is 0 Å². The van der Waals surface area contributed by atoms with Crippen LogP contribution >= 0.6 is 0 Å². The summed E-state index contributed by atoms with van der Waals surface area (Å²) in [5, 5.41) is 0. The second-order valence-electron chi connectivity index (χ2n) is 4.07. The van der Waals surface area contributed by atoms with Crippen molar-refractivity contribution < 1.29 is 9.53 Å². The maximum atomic E-state index is 11.2. The molecule has 1 rings (SSSR count). The lowest BCUT2D eigenvalue weighted by atomic mass is 9.83. The van der Waals surface area contributed by atoms with Crippen LogP contribution in [0.5, 0.6) is 0 Å². The predicted molar refractivity (Wildman–Crippen MR) is 55.8 cm³/mol. The Morgan fingerprint density at radius 1 is 1.43 bits per heavy atom. The molecule has 0 spiro atoms. The highest BCUT2D eigenvalue weighted by Gasteiger charge is 2.22. The number of carbonyl (C=O) groups is 1. The number of hydrogen-bond acceptors (Lipinski definition) is 3. The third-order valence-corrected chi connectivity index (χ3v) is 2.96. The molecule has 0 bridgehead atoms. The van der Waals surface area contributed by atoms with Crippen LogP contribution in [0.2, 0.25) is 0 Å². The normalized spacial score (nSPS) is 20.4. The van der Waals surface area contributed by atoms with Crippen LogP contribution in [0.1, 0.15) is 45.4 Å². The van der Waals surface area contributed by atoms with E-state index in [0.29, 0.717) is 18.9 Å². The van der Waals surface area contributed by atoms with Gasteiger partial charge in [0, 0.05) is 6.04 Å². The van der Waals surface area contributed by atoms with E-state index in [1.54, 1.807) is 0 Å². The molecule has 0 saturated heterocycles. The largest absolute Gasteiger partial charge is 0.466 e. The van der Waals surface area contributed by atoms with Gasteiger partial charge in [0.2, 0.25) is 0 Å². The Morgan fingerprint density at radius 3 is 2.64 bits per heavy atom. The second kappa shape index (κ2) is 6.02. The molecule has 1 aliphatic rings. The van der Waals surface area contributed by atoms with Gasteiger partial charge in [-0.15, -0.1) is 0 Å². The van der Waals surface area contributed by atoms with Gasteiger partial charge in [-0.2, -0.15) is 0 Å². The zero-order valence-electron chi connectivity index (χ0n) is 9.00. The summed E-state index contributed by atoms with van der Waals surface area (Å²) >= 11 is 0. The molecule has 1 fully saturated rings. The van der Waals surface area contributed by atoms with Crippen LogP contribution in [0.3, 0.4) is 0 Å². The first-order valence-corrected chi connectivity index (χ1v) is 5.65. The molecule has 14 heavy (non-hydrogen) atoms. The lowest BCUT2D eigenvalue weighted by molar-refractivity contribution is -0.143. The summed E-state index contributed by atoms with van der Waals surface area (Å²) in [6.07, 6.45) is 6.60. The van der Waals surface area contributed by atoms with Crippen molar-refractivity contribution in [2.45, 2.75) is 51.5 Å². The van der Waals surface area contributed by atoms with Crippen LogP contribution in [0.25, 0.3) is 0 Å². The Hall–Kier alpha value is -0.570. The molecule has 2 N–H and O–H groups in total. The fraction of sp³-hybridized carbons (Fsp3) is 0.909. The minimum absolute atomic E-state index is 0.00866. The Labute approximate surface area is 86.0 Å². The minimum atomic E-state index is -0.148. The molecule has 0 aromatic heterocycles. The standard InChI is InChI=1S/C11H21NO2/c1-2-14-11(13)8-10(12)9-6-4-3-5-7-9/h9-10H,2-8,12H2,1H3/t10-/m0/s1. The SMILES string of the molecule is CCOC(=O)C[C@H](N)C1CCCCC1. The molecule has 0 amide bonds. The van der Waals surface area contributed by atoms with Crippen molar-refractivity contribution in [1.82, 2.24) is 0 Å². The summed E-state index contributed by atoms with van der Waals surface area (Å²) in [5.41, 5.74) is 5.98. The molecular formula is C11H21NO2. The molecule has 0 aliphatic heterocycles. The molecule has 0 heterocycles. The maximum absolute atomic E-state index is 11.2. The number of carbonyl (C=O) groups excluding carboxylic acids is 1. The average molecular weight is 199 g/mol. The number of hydrogen-bond donors (Lipinski definition) is 1. The molecule has 0 aromatic carbocycles. The fourth-order valence-corrected chi connectivity index (χ4v) is 2.14. The van der Waals surface area contributed by atoms with Gasteiger partial charge in [-0.25, -0.2) is 0 Å². The molecule has 1 saturated carbocycles. The quantitative estimate of drug-likeness (QED) is 0.703. The van der Waals surface area contributed by atoms with Crippen molar-refractivity contribution in [3.63, 3.8) is 0 Å². The van der Waals surface area contributed by atoms with Crippen LogP contribution in [0.4, 0.5) is 0 Å². The molecule has 1 aliphatic carbocycles. The van der Waals surface area contributed by atoms with Gasteiger partial charge in [0.25, 0.3) is 0 Å². The molecule has 3 nitrogen and oxygen atoms in total. The fourth-order valence-electron chi connectivity index (χ4n) is 2.14. The first kappa shape index (κ1) is 11.5. The van der Waals surface area contributed by atoms with Crippen LogP contribution in [0.15, 0.2) is 0 Å². The third kappa shape index (κ3) is 3.66. The van der Waals surface area contributed by atoms with E-state index in [1.165, 1.54) is 32.1 Å². The van der Waals surface area contributed by atoms with E-state index >= 15 is 0 Å². The predicted octanol–water partition coefficient (Wildman–Crippen LogP) is 1.85. The summed E-state index contributed by atoms with van der Waals surface area (Å²) in [5.74, 6) is 0.388. The van der Waals surface area contributed by atoms with Gasteiger partial charge in [-0.05, 0) is 25.7 Å². The van der Waals surface area contributed by atoms with Crippen molar-refractivity contribution >= 4 is 5.97 Å². The van der Waals surface area contributed by atoms with Gasteiger partial charge >= 0.3 is 5.97 Å². The van der Waals surface area contributed by atoms with Gasteiger partial charge in [-0.3, -0.25) is 4.79 Å². The molecule has 1 atom stereocenters. The highest BCUT2D eigenvalue weighted by Crippen LogP contribution is 2.26. The molecule has 0 aromatic rings. The summed E-state index contributed by atoms with van der Waals surface area (Å²) in [7, 11) is 0. The van der Waals surface area contributed by atoms with Gasteiger partial charge < -0.3 is 10.5 Å². The number of rotatable bonds is 4. The van der Waals surface area contributed by atoms with E-state index in [-0.39, 0.29) is 12.0 Å². The number of esters is 1. The van der Waals surface area contributed by atoms with E-state index in [9.17, 15) is 4.79 Å². The zero-order chi connectivity index (χ0) is 10.4. The van der Waals surface area contributed by atoms with Crippen LogP contribution in [0, 0.1) is 5.92 Å². The first-order valence-electron chi connectivity index (χ1n) is 5.65. The monoisotopic (exact) mass is 199 g/mol. The Balaban J connectivity index is 2.25. The van der Waals surface area contributed by atoms with Crippen LogP contribution in [-0.2, 0) is 9.53 Å². The highest BCUT2D eigenvalue weighted by molar-refractivity contribution is 5.70. The van der Waals surface area contributed by atoms with Gasteiger partial charge in [0.1, 0.15) is 0 Å². The summed E-state index contributed by atoms with van der Waals surface area (Å²) in [4.78, 5) is 11.2. The second-order valence-corrected chi connectivity index (χ2v) is 4.07. The van der Waals surface area contributed by atoms with E-state index in [4.69, 9.17) is 10.5 Å². The van der Waals surface area contributed by atoms with E-state index in [0.717, 1.165) is 0 Å². The minimum Gasteiger partial charge on any atom is -0.466 e. The highest BCUT2D eigenvalue weighted by atomic mass is 16.5. The summed E-state index contributed by atoms with van der Waals surface area (Å²) in [6.45, 7) is 2.28.